The summed E-state index contributed by atoms with van der Waals surface area (Å²) in [6, 6.07) is 0. The van der Waals surface area contributed by atoms with E-state index in [-0.39, 0.29) is 0 Å². The van der Waals surface area contributed by atoms with Gasteiger partial charge in [-0.3, -0.25) is 4.79 Å². The summed E-state index contributed by atoms with van der Waals surface area (Å²) in [5, 5.41) is 19.4. The average Bonchev–Trinajstić information content (AvgIpc) is 3.02. The van der Waals surface area contributed by atoms with Crippen molar-refractivity contribution in [2.24, 2.45) is 0 Å². The molecule has 5 heteroatoms. The van der Waals surface area contributed by atoms with Crippen LogP contribution in [0.25, 0.3) is 0 Å². The van der Waals surface area contributed by atoms with Gasteiger partial charge in [-0.05, 0) is 84.2 Å². The molecule has 0 unspecified atom stereocenters. The highest BCUT2D eigenvalue weighted by Gasteiger charge is 1.98. The molecule has 0 aliphatic carbocycles. The highest BCUT2D eigenvalue weighted by Crippen LogP contribution is 2.14. The molecule has 0 atom stereocenters. The highest BCUT2D eigenvalue weighted by atomic mass is 16.4. The van der Waals surface area contributed by atoms with Gasteiger partial charge in [-0.15, -0.1) is 0 Å². The molecule has 0 radical (unpaired) electrons. The lowest BCUT2D eigenvalue weighted by molar-refractivity contribution is -0.137. The fraction of sp³-hybridized carbons (Fsp3) is 0.974. The number of carboxylic acids is 1. The molecule has 0 aromatic carbocycles. The van der Waals surface area contributed by atoms with Crippen LogP contribution in [0, 0.1) is 0 Å². The minimum absolute atomic E-state index is 0.302. The zero-order valence-electron chi connectivity index (χ0n) is 30.0. The second-order valence-corrected chi connectivity index (χ2v) is 13.6. The Balaban J connectivity index is 3.04. The van der Waals surface area contributed by atoms with Crippen LogP contribution in [-0.2, 0) is 4.79 Å². The zero-order valence-corrected chi connectivity index (χ0v) is 30.0. The van der Waals surface area contributed by atoms with Crippen LogP contribution in [0.1, 0.15) is 206 Å². The van der Waals surface area contributed by atoms with Gasteiger partial charge >= 0.3 is 5.97 Å². The highest BCUT2D eigenvalue weighted by molar-refractivity contribution is 5.66. The van der Waals surface area contributed by atoms with E-state index in [1.54, 1.807) is 0 Å². The molecule has 0 fully saturated rings. The van der Waals surface area contributed by atoms with Crippen LogP contribution >= 0.6 is 0 Å². The third-order valence-electron chi connectivity index (χ3n) is 9.12. The third kappa shape index (κ3) is 41.4. The summed E-state index contributed by atoms with van der Waals surface area (Å²) < 4.78 is 0. The molecule has 0 saturated heterocycles. The van der Waals surface area contributed by atoms with Crippen LogP contribution in [0.4, 0.5) is 0 Å². The largest absolute Gasteiger partial charge is 0.481 e. The van der Waals surface area contributed by atoms with Gasteiger partial charge in [0.25, 0.3) is 0 Å². The molecular weight excluding hydrogens is 542 g/mol. The molecule has 0 aromatic rings. The number of nitrogens with one attached hydrogen (secondary N) is 3. The second kappa shape index (κ2) is 40.4. The topological polar surface area (TPSA) is 73.4 Å². The van der Waals surface area contributed by atoms with Crippen molar-refractivity contribution in [2.75, 3.05) is 39.3 Å². The molecular formula is C39H81N3O2. The van der Waals surface area contributed by atoms with Crippen molar-refractivity contribution >= 4 is 5.97 Å². The lowest BCUT2D eigenvalue weighted by Gasteiger charge is -2.07. The lowest BCUT2D eigenvalue weighted by atomic mass is 10.0. The molecule has 0 aromatic heterocycles. The lowest BCUT2D eigenvalue weighted by Crippen LogP contribution is -2.20. The Kier molecular flexibility index (Phi) is 39.8. The molecule has 5 nitrogen and oxygen atoms in total. The minimum Gasteiger partial charge on any atom is -0.481 e. The maximum atomic E-state index is 10.5. The standard InChI is InChI=1S/C39H81N3O2/c1-2-3-4-5-6-7-8-9-10-11-13-16-20-23-27-34-41-37-30-31-38-42-35-28-24-21-18-15-12-14-17-19-22-26-33-40-36-29-25-32-39(43)44/h40-42H,2-38H2,1H3,(H,43,44). The fourth-order valence-corrected chi connectivity index (χ4v) is 6.11. The van der Waals surface area contributed by atoms with E-state index in [1.165, 1.54) is 206 Å². The van der Waals surface area contributed by atoms with Crippen molar-refractivity contribution in [3.05, 3.63) is 0 Å². The van der Waals surface area contributed by atoms with Gasteiger partial charge in [0.05, 0.1) is 0 Å². The number of rotatable bonds is 40. The second-order valence-electron chi connectivity index (χ2n) is 13.6. The smallest absolute Gasteiger partial charge is 0.303 e. The Morgan fingerprint density at radius 3 is 0.795 bits per heavy atom. The Bertz CT molecular complexity index is 531. The number of aliphatic carboxylic acids is 1. The van der Waals surface area contributed by atoms with Crippen LogP contribution < -0.4 is 16.0 Å². The van der Waals surface area contributed by atoms with Crippen molar-refractivity contribution < 1.29 is 9.90 Å². The molecule has 0 aliphatic heterocycles. The van der Waals surface area contributed by atoms with E-state index >= 15 is 0 Å². The predicted molar refractivity (Wildman–Crippen MR) is 195 cm³/mol. The average molecular weight is 624 g/mol. The van der Waals surface area contributed by atoms with Gasteiger partial charge in [0.2, 0.25) is 0 Å². The van der Waals surface area contributed by atoms with Crippen LogP contribution in [0.3, 0.4) is 0 Å². The van der Waals surface area contributed by atoms with Crippen LogP contribution in [-0.4, -0.2) is 50.3 Å². The van der Waals surface area contributed by atoms with E-state index in [9.17, 15) is 4.79 Å². The first-order chi connectivity index (χ1) is 21.8. The van der Waals surface area contributed by atoms with Gasteiger partial charge in [-0.1, -0.05) is 155 Å². The van der Waals surface area contributed by atoms with E-state index in [0.717, 1.165) is 25.9 Å². The van der Waals surface area contributed by atoms with E-state index in [0.29, 0.717) is 6.42 Å². The van der Waals surface area contributed by atoms with Crippen molar-refractivity contribution in [2.45, 2.75) is 206 Å². The van der Waals surface area contributed by atoms with Crippen LogP contribution in [0.2, 0.25) is 0 Å². The number of unbranched alkanes of at least 4 members (excludes halogenated alkanes) is 26. The van der Waals surface area contributed by atoms with Crippen molar-refractivity contribution in [1.82, 2.24) is 16.0 Å². The Morgan fingerprint density at radius 1 is 0.341 bits per heavy atom. The molecule has 0 heterocycles. The molecule has 0 spiro atoms. The van der Waals surface area contributed by atoms with E-state index in [4.69, 9.17) is 5.11 Å². The number of hydrogen-bond acceptors (Lipinski definition) is 4. The van der Waals surface area contributed by atoms with Gasteiger partial charge < -0.3 is 21.1 Å². The summed E-state index contributed by atoms with van der Waals surface area (Å²) in [5.41, 5.74) is 0. The fourth-order valence-electron chi connectivity index (χ4n) is 6.11. The predicted octanol–water partition coefficient (Wildman–Crippen LogP) is 11.0. The monoisotopic (exact) mass is 624 g/mol. The Labute approximate surface area is 276 Å². The van der Waals surface area contributed by atoms with Crippen LogP contribution in [0.15, 0.2) is 0 Å². The Hall–Kier alpha value is -0.650. The normalized spacial score (nSPS) is 11.5. The van der Waals surface area contributed by atoms with E-state index < -0.39 is 5.97 Å². The molecule has 44 heavy (non-hydrogen) atoms. The number of hydrogen-bond donors (Lipinski definition) is 4. The summed E-state index contributed by atoms with van der Waals surface area (Å²) in [7, 11) is 0. The molecule has 0 amide bonds. The maximum absolute atomic E-state index is 10.5. The first kappa shape index (κ1) is 43.4. The van der Waals surface area contributed by atoms with Gasteiger partial charge in [-0.2, -0.15) is 0 Å². The molecule has 0 bridgehead atoms. The van der Waals surface area contributed by atoms with Gasteiger partial charge in [0.15, 0.2) is 0 Å². The summed E-state index contributed by atoms with van der Waals surface area (Å²) in [6.45, 7) is 9.12. The van der Waals surface area contributed by atoms with E-state index in [1.807, 2.05) is 0 Å². The molecule has 264 valence electrons. The minimum atomic E-state index is -0.679. The zero-order chi connectivity index (χ0) is 31.9. The van der Waals surface area contributed by atoms with Gasteiger partial charge in [-0.25, -0.2) is 0 Å². The van der Waals surface area contributed by atoms with Gasteiger partial charge in [0, 0.05) is 6.42 Å². The number of carboxylic acid groups (broad SMARTS) is 1. The molecule has 0 aliphatic rings. The van der Waals surface area contributed by atoms with Crippen molar-refractivity contribution in [1.29, 1.82) is 0 Å². The third-order valence-corrected chi connectivity index (χ3v) is 9.12. The van der Waals surface area contributed by atoms with Crippen LogP contribution in [0.5, 0.6) is 0 Å². The summed E-state index contributed by atoms with van der Waals surface area (Å²) in [5.74, 6) is -0.679. The maximum Gasteiger partial charge on any atom is 0.303 e. The molecule has 4 N–H and O–H groups in total. The summed E-state index contributed by atoms with van der Waals surface area (Å²) >= 11 is 0. The molecule has 0 saturated carbocycles. The molecule has 0 rings (SSSR count). The quantitative estimate of drug-likeness (QED) is 0.0511. The van der Waals surface area contributed by atoms with Gasteiger partial charge in [0.1, 0.15) is 0 Å². The first-order valence-electron chi connectivity index (χ1n) is 20.1. The van der Waals surface area contributed by atoms with Crippen molar-refractivity contribution in [3.63, 3.8) is 0 Å². The summed E-state index contributed by atoms with van der Waals surface area (Å²) in [4.78, 5) is 10.5. The Morgan fingerprint density at radius 2 is 0.545 bits per heavy atom. The summed E-state index contributed by atoms with van der Waals surface area (Å²) in [6.07, 6.45) is 41.4. The number of carbonyl (C=O) groups is 1. The first-order valence-corrected chi connectivity index (χ1v) is 20.1. The van der Waals surface area contributed by atoms with E-state index in [2.05, 4.69) is 22.9 Å². The van der Waals surface area contributed by atoms with Crippen molar-refractivity contribution in [3.8, 4) is 0 Å². The SMILES string of the molecule is CCCCCCCCCCCCCCCCCNCCCCNCCCCCCCCCCCCCNCCCCC(=O)O.